The Kier molecular flexibility index (Phi) is 5.44. The molecule has 2 rings (SSSR count). The van der Waals surface area contributed by atoms with Gasteiger partial charge < -0.3 is 10.1 Å². The molecule has 104 valence electrons. The van der Waals surface area contributed by atoms with Crippen LogP contribution in [0.1, 0.15) is 12.8 Å². The molecule has 1 amide bonds. The van der Waals surface area contributed by atoms with Crippen molar-refractivity contribution in [1.82, 2.24) is 0 Å². The Morgan fingerprint density at radius 3 is 2.45 bits per heavy atom. The number of hydrogen-bond acceptors (Lipinski definition) is 2. The van der Waals surface area contributed by atoms with E-state index in [4.69, 9.17) is 16.3 Å². The van der Waals surface area contributed by atoms with Gasteiger partial charge in [0.1, 0.15) is 5.75 Å². The van der Waals surface area contributed by atoms with Crippen molar-refractivity contribution in [3.63, 3.8) is 0 Å². The van der Waals surface area contributed by atoms with Crippen molar-refractivity contribution in [2.45, 2.75) is 12.8 Å². The first-order valence-corrected chi connectivity index (χ1v) is 6.85. The van der Waals surface area contributed by atoms with Gasteiger partial charge in [0.25, 0.3) is 0 Å². The normalized spacial score (nSPS) is 10.1. The van der Waals surface area contributed by atoms with E-state index < -0.39 is 0 Å². The number of anilines is 1. The van der Waals surface area contributed by atoms with Crippen LogP contribution in [0.3, 0.4) is 0 Å². The minimum absolute atomic E-state index is 0.0241. The molecule has 0 bridgehead atoms. The smallest absolute Gasteiger partial charge is 0.224 e. The fraction of sp³-hybridized carbons (Fsp3) is 0.188. The number of nitrogens with one attached hydrogen (secondary N) is 1. The first-order chi connectivity index (χ1) is 9.74. The first-order valence-electron chi connectivity index (χ1n) is 6.47. The van der Waals surface area contributed by atoms with Crippen molar-refractivity contribution >= 4 is 23.2 Å². The quantitative estimate of drug-likeness (QED) is 0.812. The van der Waals surface area contributed by atoms with E-state index in [9.17, 15) is 4.79 Å². The van der Waals surface area contributed by atoms with Crippen molar-refractivity contribution in [3.8, 4) is 5.75 Å². The predicted molar refractivity (Wildman–Crippen MR) is 81.3 cm³/mol. The Morgan fingerprint density at radius 2 is 1.75 bits per heavy atom. The summed E-state index contributed by atoms with van der Waals surface area (Å²) in [6, 6.07) is 16.6. The average molecular weight is 290 g/mol. The second kappa shape index (κ2) is 7.56. The third-order valence-corrected chi connectivity index (χ3v) is 2.94. The maximum absolute atomic E-state index is 11.7. The van der Waals surface area contributed by atoms with Crippen LogP contribution in [0.25, 0.3) is 0 Å². The van der Waals surface area contributed by atoms with Crippen LogP contribution >= 0.6 is 11.6 Å². The van der Waals surface area contributed by atoms with Gasteiger partial charge >= 0.3 is 0 Å². The highest BCUT2D eigenvalue weighted by Gasteiger charge is 2.02. The largest absolute Gasteiger partial charge is 0.494 e. The summed E-state index contributed by atoms with van der Waals surface area (Å²) in [5.41, 5.74) is 0.753. The summed E-state index contributed by atoms with van der Waals surface area (Å²) >= 11 is 5.78. The van der Waals surface area contributed by atoms with Crippen molar-refractivity contribution in [2.24, 2.45) is 0 Å². The number of para-hydroxylation sites is 1. The molecule has 0 saturated heterocycles. The molecule has 0 aliphatic rings. The lowest BCUT2D eigenvalue weighted by molar-refractivity contribution is -0.116. The van der Waals surface area contributed by atoms with Gasteiger partial charge in [-0.2, -0.15) is 0 Å². The van der Waals surface area contributed by atoms with Crippen LogP contribution in [0.15, 0.2) is 54.6 Å². The summed E-state index contributed by atoms with van der Waals surface area (Å²) in [6.45, 7) is 0.526. The van der Waals surface area contributed by atoms with E-state index in [1.165, 1.54) is 0 Å². The molecule has 20 heavy (non-hydrogen) atoms. The molecule has 0 saturated carbocycles. The molecule has 3 nitrogen and oxygen atoms in total. The number of halogens is 1. The third-order valence-electron chi connectivity index (χ3n) is 2.69. The topological polar surface area (TPSA) is 38.3 Å². The standard InChI is InChI=1S/C16H16ClNO2/c17-13-8-10-14(11-9-13)18-16(19)7-4-12-20-15-5-2-1-3-6-15/h1-3,5-6,8-11H,4,7,12H2,(H,18,19). The highest BCUT2D eigenvalue weighted by molar-refractivity contribution is 6.30. The molecule has 0 unspecified atom stereocenters. The molecule has 0 aliphatic heterocycles. The summed E-state index contributed by atoms with van der Waals surface area (Å²) < 4.78 is 5.52. The second-order valence-electron chi connectivity index (χ2n) is 4.32. The SMILES string of the molecule is O=C(CCCOc1ccccc1)Nc1ccc(Cl)cc1. The Bertz CT molecular complexity index is 540. The van der Waals surface area contributed by atoms with Crippen LogP contribution in [-0.4, -0.2) is 12.5 Å². The molecule has 4 heteroatoms. The molecule has 0 aliphatic carbocycles. The van der Waals surface area contributed by atoms with E-state index in [1.807, 2.05) is 30.3 Å². The van der Waals surface area contributed by atoms with Crippen LogP contribution in [-0.2, 0) is 4.79 Å². The molecular formula is C16H16ClNO2. The first kappa shape index (κ1) is 14.4. The van der Waals surface area contributed by atoms with Gasteiger partial charge in [-0.25, -0.2) is 0 Å². The van der Waals surface area contributed by atoms with Gasteiger partial charge in [-0.15, -0.1) is 0 Å². The van der Waals surface area contributed by atoms with Crippen LogP contribution in [0.2, 0.25) is 5.02 Å². The maximum Gasteiger partial charge on any atom is 0.224 e. The van der Waals surface area contributed by atoms with Gasteiger partial charge in [0.15, 0.2) is 0 Å². The molecule has 0 fully saturated rings. The Morgan fingerprint density at radius 1 is 1.05 bits per heavy atom. The number of ether oxygens (including phenoxy) is 1. The van der Waals surface area contributed by atoms with E-state index in [1.54, 1.807) is 24.3 Å². The van der Waals surface area contributed by atoms with Gasteiger partial charge in [0.2, 0.25) is 5.91 Å². The molecule has 2 aromatic carbocycles. The van der Waals surface area contributed by atoms with Crippen molar-refractivity contribution in [2.75, 3.05) is 11.9 Å². The highest BCUT2D eigenvalue weighted by atomic mass is 35.5. The van der Waals surface area contributed by atoms with Crippen LogP contribution in [0.5, 0.6) is 5.75 Å². The molecule has 0 spiro atoms. The summed E-state index contributed by atoms with van der Waals surface area (Å²) in [7, 11) is 0. The lowest BCUT2D eigenvalue weighted by Crippen LogP contribution is -2.12. The van der Waals surface area contributed by atoms with E-state index in [0.29, 0.717) is 24.5 Å². The second-order valence-corrected chi connectivity index (χ2v) is 4.76. The predicted octanol–water partition coefficient (Wildman–Crippen LogP) is 4.14. The van der Waals surface area contributed by atoms with Gasteiger partial charge in [-0.3, -0.25) is 4.79 Å². The minimum Gasteiger partial charge on any atom is -0.494 e. The molecule has 0 heterocycles. The molecule has 0 atom stereocenters. The Hall–Kier alpha value is -2.00. The molecule has 1 N–H and O–H groups in total. The monoisotopic (exact) mass is 289 g/mol. The highest BCUT2D eigenvalue weighted by Crippen LogP contribution is 2.14. The maximum atomic E-state index is 11.7. The fourth-order valence-electron chi connectivity index (χ4n) is 1.70. The summed E-state index contributed by atoms with van der Waals surface area (Å²) in [4.78, 5) is 11.7. The molecule has 2 aromatic rings. The van der Waals surface area contributed by atoms with Gasteiger partial charge in [0.05, 0.1) is 6.61 Å². The molecular weight excluding hydrogens is 274 g/mol. The van der Waals surface area contributed by atoms with E-state index >= 15 is 0 Å². The Balaban J connectivity index is 1.66. The van der Waals surface area contributed by atoms with Crippen LogP contribution in [0.4, 0.5) is 5.69 Å². The van der Waals surface area contributed by atoms with Crippen molar-refractivity contribution in [3.05, 3.63) is 59.6 Å². The van der Waals surface area contributed by atoms with Crippen molar-refractivity contribution < 1.29 is 9.53 Å². The van der Waals surface area contributed by atoms with Gasteiger partial charge in [-0.05, 0) is 42.8 Å². The van der Waals surface area contributed by atoms with E-state index in [0.717, 1.165) is 11.4 Å². The number of rotatable bonds is 6. The zero-order valence-electron chi connectivity index (χ0n) is 11.0. The van der Waals surface area contributed by atoms with Gasteiger partial charge in [0, 0.05) is 17.1 Å². The number of benzene rings is 2. The number of carbonyl (C=O) groups excluding carboxylic acids is 1. The van der Waals surface area contributed by atoms with Crippen molar-refractivity contribution in [1.29, 1.82) is 0 Å². The third kappa shape index (κ3) is 4.94. The summed E-state index contributed by atoms with van der Waals surface area (Å²) in [6.07, 6.45) is 1.10. The lowest BCUT2D eigenvalue weighted by Gasteiger charge is -2.07. The number of amides is 1. The summed E-state index contributed by atoms with van der Waals surface area (Å²) in [5, 5.41) is 3.47. The zero-order chi connectivity index (χ0) is 14.2. The summed E-state index contributed by atoms with van der Waals surface area (Å²) in [5.74, 6) is 0.801. The zero-order valence-corrected chi connectivity index (χ0v) is 11.8. The van der Waals surface area contributed by atoms with Gasteiger partial charge in [-0.1, -0.05) is 29.8 Å². The van der Waals surface area contributed by atoms with Crippen LogP contribution < -0.4 is 10.1 Å². The number of hydrogen-bond donors (Lipinski definition) is 1. The number of carbonyl (C=O) groups is 1. The Labute approximate surface area is 123 Å². The molecule has 0 aromatic heterocycles. The van der Waals surface area contributed by atoms with E-state index in [2.05, 4.69) is 5.32 Å². The fourth-order valence-corrected chi connectivity index (χ4v) is 1.82. The lowest BCUT2D eigenvalue weighted by atomic mass is 10.2. The average Bonchev–Trinajstić information content (AvgIpc) is 2.47. The minimum atomic E-state index is -0.0241. The molecule has 0 radical (unpaired) electrons. The van der Waals surface area contributed by atoms with Crippen LogP contribution in [0, 0.1) is 0 Å². The van der Waals surface area contributed by atoms with E-state index in [-0.39, 0.29) is 5.91 Å².